The number of hydrogen-bond acceptors (Lipinski definition) is 2. The smallest absolute Gasteiger partial charge is 0.120 e. The van der Waals surface area contributed by atoms with Gasteiger partial charge < -0.3 is 10.8 Å². The molecule has 14 heavy (non-hydrogen) atoms. The van der Waals surface area contributed by atoms with E-state index in [9.17, 15) is 5.11 Å². The molecule has 2 heteroatoms. The number of hydrogen-bond donors (Lipinski definition) is 2. The summed E-state index contributed by atoms with van der Waals surface area (Å²) >= 11 is 0. The van der Waals surface area contributed by atoms with Crippen molar-refractivity contribution in [2.45, 2.75) is 39.2 Å². The Labute approximate surface area is 85.8 Å². The summed E-state index contributed by atoms with van der Waals surface area (Å²) in [5.41, 5.74) is 7.88. The van der Waals surface area contributed by atoms with Gasteiger partial charge in [0.2, 0.25) is 0 Å². The molecule has 3 N–H and O–H groups in total. The van der Waals surface area contributed by atoms with Crippen LogP contribution in [0.4, 0.5) is 0 Å². The first kappa shape index (κ1) is 11.1. The minimum atomic E-state index is -0.128. The third-order valence-electron chi connectivity index (χ3n) is 2.38. The third-order valence-corrected chi connectivity index (χ3v) is 2.38. The van der Waals surface area contributed by atoms with Crippen molar-refractivity contribution < 1.29 is 5.11 Å². The average molecular weight is 193 g/mol. The van der Waals surface area contributed by atoms with Crippen molar-refractivity contribution in [2.75, 3.05) is 0 Å². The predicted molar refractivity (Wildman–Crippen MR) is 59.4 cm³/mol. The summed E-state index contributed by atoms with van der Waals surface area (Å²) in [4.78, 5) is 0. The van der Waals surface area contributed by atoms with Crippen molar-refractivity contribution in [1.29, 1.82) is 0 Å². The molecule has 0 aliphatic rings. The van der Waals surface area contributed by atoms with Gasteiger partial charge in [-0.25, -0.2) is 0 Å². The zero-order valence-electron chi connectivity index (χ0n) is 9.33. The summed E-state index contributed by atoms with van der Waals surface area (Å²) in [7, 11) is 0. The van der Waals surface area contributed by atoms with Gasteiger partial charge >= 0.3 is 0 Å². The second-order valence-electron chi connectivity index (χ2n) is 4.81. The molecule has 78 valence electrons. The van der Waals surface area contributed by atoms with Crippen molar-refractivity contribution in [2.24, 2.45) is 5.73 Å². The van der Waals surface area contributed by atoms with E-state index in [0.29, 0.717) is 0 Å². The van der Waals surface area contributed by atoms with Gasteiger partial charge in [-0.3, -0.25) is 0 Å². The van der Waals surface area contributed by atoms with Crippen LogP contribution in [0.15, 0.2) is 18.2 Å². The Morgan fingerprint density at radius 1 is 1.29 bits per heavy atom. The molecule has 1 aromatic rings. The van der Waals surface area contributed by atoms with Crippen molar-refractivity contribution in [3.63, 3.8) is 0 Å². The molecule has 0 fully saturated rings. The highest BCUT2D eigenvalue weighted by Crippen LogP contribution is 2.29. The molecule has 1 aromatic carbocycles. The minimum absolute atomic E-state index is 0.0946. The van der Waals surface area contributed by atoms with Gasteiger partial charge in [-0.1, -0.05) is 32.9 Å². The van der Waals surface area contributed by atoms with Crippen LogP contribution in [0.5, 0.6) is 5.75 Å². The van der Waals surface area contributed by atoms with Gasteiger partial charge in [0.25, 0.3) is 0 Å². The van der Waals surface area contributed by atoms with E-state index in [1.807, 2.05) is 19.1 Å². The zero-order valence-corrected chi connectivity index (χ0v) is 9.33. The van der Waals surface area contributed by atoms with E-state index < -0.39 is 0 Å². The standard InChI is InChI=1S/C12H19NO/c1-8(13)10-7-9(12(2,3)4)5-6-11(10)14/h5-8,14H,13H2,1-4H3. The van der Waals surface area contributed by atoms with E-state index in [-0.39, 0.29) is 17.2 Å². The summed E-state index contributed by atoms with van der Waals surface area (Å²) in [5, 5.41) is 9.59. The van der Waals surface area contributed by atoms with Gasteiger partial charge in [-0.2, -0.15) is 0 Å². The number of phenolic OH excluding ortho intramolecular Hbond substituents is 1. The lowest BCUT2D eigenvalue weighted by atomic mass is 9.85. The molecule has 1 atom stereocenters. The van der Waals surface area contributed by atoms with Gasteiger partial charge in [-0.05, 0) is 24.0 Å². The predicted octanol–water partition coefficient (Wildman–Crippen LogP) is 2.71. The highest BCUT2D eigenvalue weighted by molar-refractivity contribution is 5.40. The highest BCUT2D eigenvalue weighted by Gasteiger charge is 2.16. The molecule has 0 aromatic heterocycles. The lowest BCUT2D eigenvalue weighted by molar-refractivity contribution is 0.462. The zero-order chi connectivity index (χ0) is 10.9. The van der Waals surface area contributed by atoms with Gasteiger partial charge in [0.1, 0.15) is 5.75 Å². The maximum Gasteiger partial charge on any atom is 0.120 e. The van der Waals surface area contributed by atoms with E-state index in [1.165, 1.54) is 5.56 Å². The summed E-state index contributed by atoms with van der Waals surface area (Å²) in [5.74, 6) is 0.285. The fraction of sp³-hybridized carbons (Fsp3) is 0.500. The van der Waals surface area contributed by atoms with Gasteiger partial charge in [0.15, 0.2) is 0 Å². The molecular formula is C12H19NO. The van der Waals surface area contributed by atoms with Crippen LogP contribution in [0.3, 0.4) is 0 Å². The number of nitrogens with two attached hydrogens (primary N) is 1. The van der Waals surface area contributed by atoms with E-state index in [1.54, 1.807) is 6.07 Å². The normalized spacial score (nSPS) is 14.1. The van der Waals surface area contributed by atoms with E-state index in [0.717, 1.165) is 5.56 Å². The largest absolute Gasteiger partial charge is 0.508 e. The van der Waals surface area contributed by atoms with Crippen LogP contribution in [0.25, 0.3) is 0 Å². The summed E-state index contributed by atoms with van der Waals surface area (Å²) in [6.07, 6.45) is 0. The van der Waals surface area contributed by atoms with Crippen molar-refractivity contribution >= 4 is 0 Å². The first-order valence-corrected chi connectivity index (χ1v) is 4.91. The lowest BCUT2D eigenvalue weighted by Crippen LogP contribution is -2.13. The van der Waals surface area contributed by atoms with E-state index >= 15 is 0 Å². The van der Waals surface area contributed by atoms with E-state index in [4.69, 9.17) is 5.73 Å². The van der Waals surface area contributed by atoms with Crippen LogP contribution in [-0.2, 0) is 5.41 Å². The fourth-order valence-corrected chi connectivity index (χ4v) is 1.39. The Morgan fingerprint density at radius 2 is 1.86 bits per heavy atom. The van der Waals surface area contributed by atoms with E-state index in [2.05, 4.69) is 20.8 Å². The summed E-state index contributed by atoms with van der Waals surface area (Å²) in [6.45, 7) is 8.31. The Morgan fingerprint density at radius 3 is 2.29 bits per heavy atom. The molecular weight excluding hydrogens is 174 g/mol. The number of rotatable bonds is 1. The maximum atomic E-state index is 9.59. The summed E-state index contributed by atoms with van der Waals surface area (Å²) < 4.78 is 0. The SMILES string of the molecule is CC(N)c1cc(C(C)(C)C)ccc1O. The molecule has 0 bridgehead atoms. The molecule has 0 aliphatic carbocycles. The van der Waals surface area contributed by atoms with Crippen LogP contribution in [0, 0.1) is 0 Å². The number of benzene rings is 1. The molecule has 0 saturated heterocycles. The molecule has 0 heterocycles. The van der Waals surface area contributed by atoms with Crippen LogP contribution in [0.1, 0.15) is 44.9 Å². The highest BCUT2D eigenvalue weighted by atomic mass is 16.3. The quantitative estimate of drug-likeness (QED) is 0.720. The summed E-state index contributed by atoms with van der Waals surface area (Å²) in [6, 6.07) is 5.53. The van der Waals surface area contributed by atoms with Crippen LogP contribution < -0.4 is 5.73 Å². The molecule has 0 saturated carbocycles. The first-order chi connectivity index (χ1) is 6.32. The molecule has 1 rings (SSSR count). The van der Waals surface area contributed by atoms with Crippen LogP contribution in [0.2, 0.25) is 0 Å². The number of aromatic hydroxyl groups is 1. The fourth-order valence-electron chi connectivity index (χ4n) is 1.39. The number of phenols is 1. The minimum Gasteiger partial charge on any atom is -0.508 e. The molecule has 2 nitrogen and oxygen atoms in total. The van der Waals surface area contributed by atoms with Crippen LogP contribution in [-0.4, -0.2) is 5.11 Å². The second kappa shape index (κ2) is 3.62. The third kappa shape index (κ3) is 2.26. The Kier molecular flexibility index (Phi) is 2.86. The second-order valence-corrected chi connectivity index (χ2v) is 4.81. The molecule has 0 aliphatic heterocycles. The Bertz CT molecular complexity index is 324. The van der Waals surface area contributed by atoms with Crippen molar-refractivity contribution in [3.8, 4) is 5.75 Å². The molecule has 0 spiro atoms. The van der Waals surface area contributed by atoms with Crippen LogP contribution >= 0.6 is 0 Å². The van der Waals surface area contributed by atoms with Gasteiger partial charge in [-0.15, -0.1) is 0 Å². The molecule has 0 radical (unpaired) electrons. The monoisotopic (exact) mass is 193 g/mol. The topological polar surface area (TPSA) is 46.2 Å². The van der Waals surface area contributed by atoms with Gasteiger partial charge in [0, 0.05) is 11.6 Å². The lowest BCUT2D eigenvalue weighted by Gasteiger charge is -2.21. The average Bonchev–Trinajstić information content (AvgIpc) is 2.02. The molecule has 1 unspecified atom stereocenters. The van der Waals surface area contributed by atoms with Crippen molar-refractivity contribution in [3.05, 3.63) is 29.3 Å². The Hall–Kier alpha value is -1.02. The molecule has 0 amide bonds. The Balaban J connectivity index is 3.20. The van der Waals surface area contributed by atoms with Crippen molar-refractivity contribution in [1.82, 2.24) is 0 Å². The van der Waals surface area contributed by atoms with Gasteiger partial charge in [0.05, 0.1) is 0 Å². The maximum absolute atomic E-state index is 9.59. The first-order valence-electron chi connectivity index (χ1n) is 4.91.